The number of Topliss-reactive ketones (excluding diaryl/α,β-unsaturated/α-hetero) is 1. The predicted molar refractivity (Wildman–Crippen MR) is 118 cm³/mol. The molecule has 3 aliphatic rings. The van der Waals surface area contributed by atoms with E-state index in [0.717, 1.165) is 31.4 Å². The highest BCUT2D eigenvalue weighted by molar-refractivity contribution is 6.00. The Balaban J connectivity index is 1.75. The average Bonchev–Trinajstić information content (AvgIpc) is 3.19. The van der Waals surface area contributed by atoms with Crippen LogP contribution in [-0.4, -0.2) is 15.6 Å². The number of allylic oxidation sites excluding steroid dienone is 2. The van der Waals surface area contributed by atoms with Crippen LogP contribution >= 0.6 is 0 Å². The van der Waals surface area contributed by atoms with Gasteiger partial charge in [-0.25, -0.2) is 4.85 Å². The molecule has 154 valence electrons. The van der Waals surface area contributed by atoms with Gasteiger partial charge in [0, 0.05) is 22.5 Å². The zero-order valence-corrected chi connectivity index (χ0v) is 17.9. The van der Waals surface area contributed by atoms with Crippen molar-refractivity contribution in [1.29, 1.82) is 0 Å². The Hall–Kier alpha value is -2.67. The molecule has 4 nitrogen and oxygen atoms in total. The van der Waals surface area contributed by atoms with Crippen molar-refractivity contribution in [1.82, 2.24) is 9.78 Å². The van der Waals surface area contributed by atoms with Crippen LogP contribution in [0.1, 0.15) is 69.7 Å². The molecule has 3 atom stereocenters. The van der Waals surface area contributed by atoms with Crippen molar-refractivity contribution in [2.45, 2.75) is 70.3 Å². The second-order valence-corrected chi connectivity index (χ2v) is 9.50. The number of carbonyl (C=O) groups excluding carboxylic acids is 1. The Bertz CT molecular complexity index is 1050. The van der Waals surface area contributed by atoms with Crippen LogP contribution in [0.5, 0.6) is 0 Å². The average molecular weight is 400 g/mol. The third-order valence-electron chi connectivity index (χ3n) is 7.79. The van der Waals surface area contributed by atoms with Gasteiger partial charge in [0.05, 0.1) is 24.0 Å². The molecule has 0 N–H and O–H groups in total. The number of rotatable bonds is 2. The fourth-order valence-electron chi connectivity index (χ4n) is 6.27. The number of fused-ring (bicyclic) bond motifs is 3. The number of carbonyl (C=O) groups is 1. The van der Waals surface area contributed by atoms with E-state index in [0.29, 0.717) is 11.7 Å². The minimum atomic E-state index is -0.321. The molecule has 0 saturated heterocycles. The van der Waals surface area contributed by atoms with Crippen molar-refractivity contribution in [3.63, 3.8) is 0 Å². The topological polar surface area (TPSA) is 39.2 Å². The van der Waals surface area contributed by atoms with Crippen LogP contribution in [0.2, 0.25) is 0 Å². The Morgan fingerprint density at radius 2 is 1.87 bits per heavy atom. The summed E-state index contributed by atoms with van der Waals surface area (Å²) in [7, 11) is 0. The summed E-state index contributed by atoms with van der Waals surface area (Å²) in [6.07, 6.45) is 10.0. The standard InChI is InChI=1S/C26H29N3O/c1-17-21-15-14-20-23(18-10-6-4-7-11-18)28-29(19-12-8-5-9-13-19)25(20)26(21,2)16-22(27-3)24(17)30/h4,6-7,10-11,16-17,19,21H,5,8-9,12-15H2,1-2H3/t17-,21-,26-/m1/s1. The van der Waals surface area contributed by atoms with Crippen LogP contribution in [0.4, 0.5) is 0 Å². The predicted octanol–water partition coefficient (Wildman–Crippen LogP) is 5.90. The van der Waals surface area contributed by atoms with Gasteiger partial charge in [-0.1, -0.05) is 69.5 Å². The molecule has 0 radical (unpaired) electrons. The summed E-state index contributed by atoms with van der Waals surface area (Å²) >= 11 is 0. The van der Waals surface area contributed by atoms with Crippen LogP contribution in [0.3, 0.4) is 0 Å². The van der Waals surface area contributed by atoms with Crippen LogP contribution < -0.4 is 0 Å². The lowest BCUT2D eigenvalue weighted by molar-refractivity contribution is -0.121. The van der Waals surface area contributed by atoms with E-state index in [1.54, 1.807) is 0 Å². The van der Waals surface area contributed by atoms with E-state index in [4.69, 9.17) is 11.7 Å². The number of benzene rings is 1. The molecule has 1 heterocycles. The van der Waals surface area contributed by atoms with Crippen molar-refractivity contribution < 1.29 is 4.79 Å². The molecule has 0 unspecified atom stereocenters. The second-order valence-electron chi connectivity index (χ2n) is 9.50. The zero-order chi connectivity index (χ0) is 20.9. The Labute approximate surface area is 178 Å². The van der Waals surface area contributed by atoms with E-state index < -0.39 is 0 Å². The molecular formula is C26H29N3O. The highest BCUT2D eigenvalue weighted by Crippen LogP contribution is 2.52. The van der Waals surface area contributed by atoms with E-state index in [1.807, 2.05) is 19.1 Å². The van der Waals surface area contributed by atoms with Crippen LogP contribution in [0.25, 0.3) is 16.1 Å². The molecule has 0 amide bonds. The maximum absolute atomic E-state index is 12.8. The van der Waals surface area contributed by atoms with Gasteiger partial charge in [0.2, 0.25) is 5.70 Å². The third kappa shape index (κ3) is 2.79. The minimum absolute atomic E-state index is 0.0166. The molecular weight excluding hydrogens is 370 g/mol. The monoisotopic (exact) mass is 399 g/mol. The molecule has 0 spiro atoms. The zero-order valence-electron chi connectivity index (χ0n) is 17.9. The van der Waals surface area contributed by atoms with Gasteiger partial charge in [-0.15, -0.1) is 0 Å². The Kier molecular flexibility index (Phi) is 4.65. The molecule has 1 aromatic carbocycles. The first-order valence-corrected chi connectivity index (χ1v) is 11.4. The Morgan fingerprint density at radius 1 is 1.13 bits per heavy atom. The van der Waals surface area contributed by atoms with Crippen molar-refractivity contribution >= 4 is 5.78 Å². The largest absolute Gasteiger partial charge is 0.308 e. The van der Waals surface area contributed by atoms with Gasteiger partial charge in [-0.3, -0.25) is 4.68 Å². The number of hydrogen-bond acceptors (Lipinski definition) is 2. The van der Waals surface area contributed by atoms with Crippen molar-refractivity contribution in [3.8, 4) is 11.3 Å². The lowest BCUT2D eigenvalue weighted by Crippen LogP contribution is -2.46. The molecule has 1 aromatic heterocycles. The summed E-state index contributed by atoms with van der Waals surface area (Å²) < 4.78 is 2.32. The number of nitrogens with zero attached hydrogens (tertiary/aromatic N) is 3. The summed E-state index contributed by atoms with van der Waals surface area (Å²) in [4.78, 5) is 16.4. The fraction of sp³-hybridized carbons (Fsp3) is 0.500. The van der Waals surface area contributed by atoms with Gasteiger partial charge in [-0.2, -0.15) is 5.10 Å². The van der Waals surface area contributed by atoms with Gasteiger partial charge in [0.1, 0.15) is 0 Å². The van der Waals surface area contributed by atoms with E-state index in [1.165, 1.54) is 36.1 Å². The number of hydrogen-bond donors (Lipinski definition) is 0. The summed E-state index contributed by atoms with van der Waals surface area (Å²) in [5.41, 5.74) is 4.85. The normalized spacial score (nSPS) is 29.0. The number of ketones is 1. The lowest BCUT2D eigenvalue weighted by atomic mass is 9.58. The van der Waals surface area contributed by atoms with Gasteiger partial charge >= 0.3 is 0 Å². The summed E-state index contributed by atoms with van der Waals surface area (Å²) in [6, 6.07) is 10.9. The summed E-state index contributed by atoms with van der Waals surface area (Å²) in [5.74, 6) is 0.126. The minimum Gasteiger partial charge on any atom is -0.308 e. The molecule has 3 aliphatic carbocycles. The van der Waals surface area contributed by atoms with Gasteiger partial charge in [-0.05, 0) is 31.6 Å². The molecule has 5 rings (SSSR count). The van der Waals surface area contributed by atoms with Crippen LogP contribution in [-0.2, 0) is 16.6 Å². The van der Waals surface area contributed by atoms with E-state index >= 15 is 0 Å². The first-order chi connectivity index (χ1) is 14.5. The molecule has 4 heteroatoms. The van der Waals surface area contributed by atoms with Crippen LogP contribution in [0, 0.1) is 18.4 Å². The first-order valence-electron chi connectivity index (χ1n) is 11.4. The number of aromatic nitrogens is 2. The van der Waals surface area contributed by atoms with Crippen molar-refractivity contribution in [2.24, 2.45) is 11.8 Å². The summed E-state index contributed by atoms with van der Waals surface area (Å²) in [6.45, 7) is 11.9. The molecule has 1 fully saturated rings. The first kappa shape index (κ1) is 19.3. The molecule has 1 saturated carbocycles. The van der Waals surface area contributed by atoms with Gasteiger partial charge in [0.25, 0.3) is 0 Å². The van der Waals surface area contributed by atoms with Crippen molar-refractivity contribution in [3.05, 3.63) is 64.8 Å². The van der Waals surface area contributed by atoms with Crippen LogP contribution in [0.15, 0.2) is 42.1 Å². The SMILES string of the molecule is [C-]#[N+]C1=C[C@@]2(C)c3c(c(-c4ccccc4)nn3C3CCCCC3)CC[C@@H]2[C@@H](C)C1=O. The quantitative estimate of drug-likeness (QED) is 0.590. The van der Waals surface area contributed by atoms with Gasteiger partial charge in [0.15, 0.2) is 5.78 Å². The molecule has 0 bridgehead atoms. The van der Waals surface area contributed by atoms with Gasteiger partial charge < -0.3 is 4.79 Å². The molecule has 0 aliphatic heterocycles. The van der Waals surface area contributed by atoms with Crippen molar-refractivity contribution in [2.75, 3.05) is 0 Å². The molecule has 30 heavy (non-hydrogen) atoms. The van der Waals surface area contributed by atoms with E-state index in [2.05, 4.69) is 40.7 Å². The molecule has 2 aromatic rings. The summed E-state index contributed by atoms with van der Waals surface area (Å²) in [5, 5.41) is 5.24. The highest BCUT2D eigenvalue weighted by Gasteiger charge is 2.51. The van der Waals surface area contributed by atoms with E-state index in [-0.39, 0.29) is 23.0 Å². The fourth-order valence-corrected chi connectivity index (χ4v) is 6.27. The third-order valence-corrected chi connectivity index (χ3v) is 7.79. The van der Waals surface area contributed by atoms with E-state index in [9.17, 15) is 4.79 Å². The smallest absolute Gasteiger partial charge is 0.226 e. The second kappa shape index (κ2) is 7.23. The Morgan fingerprint density at radius 3 is 2.57 bits per heavy atom. The maximum Gasteiger partial charge on any atom is 0.226 e. The maximum atomic E-state index is 12.8. The lowest BCUT2D eigenvalue weighted by Gasteiger charge is -2.46. The highest BCUT2D eigenvalue weighted by atomic mass is 16.1.